The summed E-state index contributed by atoms with van der Waals surface area (Å²) in [6.45, 7) is -0.962. The Kier molecular flexibility index (Phi) is 3.24. The first-order chi connectivity index (χ1) is 6.60. The van der Waals surface area contributed by atoms with E-state index in [2.05, 4.69) is 9.72 Å². The Morgan fingerprint density at radius 3 is 2.86 bits per heavy atom. The number of pyridine rings is 1. The zero-order valence-corrected chi connectivity index (χ0v) is 8.02. The Morgan fingerprint density at radius 2 is 2.36 bits per heavy atom. The molecule has 1 heterocycles. The average Bonchev–Trinajstić information content (AvgIpc) is 2.17. The summed E-state index contributed by atoms with van der Waals surface area (Å²) in [5, 5.41) is -0.154. The highest BCUT2D eigenvalue weighted by molar-refractivity contribution is 6.32. The first-order valence-electron chi connectivity index (χ1n) is 3.66. The standard InChI is InChI=1S/C8H7ClFNO3/c1-14-8(13)5-2-4(3-10)7(12)11-6(5)9/h2H,3H2,1H3,(H,11,12). The lowest BCUT2D eigenvalue weighted by Gasteiger charge is -2.02. The van der Waals surface area contributed by atoms with Crippen LogP contribution in [0.1, 0.15) is 15.9 Å². The number of nitrogens with one attached hydrogen (secondary N) is 1. The fourth-order valence-electron chi connectivity index (χ4n) is 0.908. The van der Waals surface area contributed by atoms with Crippen molar-refractivity contribution in [3.63, 3.8) is 0 Å². The van der Waals surface area contributed by atoms with Gasteiger partial charge in [-0.3, -0.25) is 4.79 Å². The van der Waals surface area contributed by atoms with Crippen LogP contribution in [-0.2, 0) is 11.4 Å². The summed E-state index contributed by atoms with van der Waals surface area (Å²) >= 11 is 5.55. The van der Waals surface area contributed by atoms with Gasteiger partial charge in [-0.15, -0.1) is 0 Å². The van der Waals surface area contributed by atoms with E-state index >= 15 is 0 Å². The number of ether oxygens (including phenoxy) is 1. The predicted molar refractivity (Wildman–Crippen MR) is 48.2 cm³/mol. The van der Waals surface area contributed by atoms with Crippen molar-refractivity contribution in [2.24, 2.45) is 0 Å². The van der Waals surface area contributed by atoms with E-state index < -0.39 is 18.2 Å². The van der Waals surface area contributed by atoms with Crippen LogP contribution in [0.3, 0.4) is 0 Å². The molecule has 6 heteroatoms. The van der Waals surface area contributed by atoms with Crippen LogP contribution in [0.4, 0.5) is 4.39 Å². The number of hydrogen-bond donors (Lipinski definition) is 1. The number of aromatic nitrogens is 1. The molecule has 1 N–H and O–H groups in total. The summed E-state index contributed by atoms with van der Waals surface area (Å²) in [7, 11) is 1.17. The van der Waals surface area contributed by atoms with E-state index in [0.29, 0.717) is 0 Å². The minimum Gasteiger partial charge on any atom is -0.465 e. The number of carbonyl (C=O) groups excluding carboxylic acids is 1. The van der Waals surface area contributed by atoms with Gasteiger partial charge in [0.1, 0.15) is 11.8 Å². The largest absolute Gasteiger partial charge is 0.465 e. The molecular formula is C8H7ClFNO3. The maximum Gasteiger partial charge on any atom is 0.340 e. The second-order valence-electron chi connectivity index (χ2n) is 2.48. The highest BCUT2D eigenvalue weighted by Crippen LogP contribution is 2.13. The predicted octanol–water partition coefficient (Wildman–Crippen LogP) is 1.28. The Hall–Kier alpha value is -1.36. The molecule has 0 aliphatic heterocycles. The molecule has 1 aromatic rings. The Bertz CT molecular complexity index is 416. The molecule has 14 heavy (non-hydrogen) atoms. The van der Waals surface area contributed by atoms with E-state index in [9.17, 15) is 14.0 Å². The van der Waals surface area contributed by atoms with Gasteiger partial charge in [-0.05, 0) is 6.07 Å². The minimum absolute atomic E-state index is 0.0542. The zero-order chi connectivity index (χ0) is 10.7. The van der Waals surface area contributed by atoms with Crippen LogP contribution in [0.5, 0.6) is 0 Å². The maximum atomic E-state index is 12.3. The molecule has 0 unspecified atom stereocenters. The van der Waals surface area contributed by atoms with Crippen molar-refractivity contribution in [3.8, 4) is 0 Å². The van der Waals surface area contributed by atoms with Crippen LogP contribution in [0.15, 0.2) is 10.9 Å². The molecule has 1 aromatic heterocycles. The smallest absolute Gasteiger partial charge is 0.340 e. The van der Waals surface area contributed by atoms with Crippen LogP contribution in [0.25, 0.3) is 0 Å². The average molecular weight is 220 g/mol. The van der Waals surface area contributed by atoms with Gasteiger partial charge in [0.15, 0.2) is 0 Å². The van der Waals surface area contributed by atoms with Crippen LogP contribution < -0.4 is 5.56 Å². The van der Waals surface area contributed by atoms with Crippen LogP contribution in [0, 0.1) is 0 Å². The fourth-order valence-corrected chi connectivity index (χ4v) is 1.13. The van der Waals surface area contributed by atoms with Crippen molar-refractivity contribution in [3.05, 3.63) is 32.7 Å². The van der Waals surface area contributed by atoms with E-state index in [1.54, 1.807) is 0 Å². The van der Waals surface area contributed by atoms with Crippen molar-refractivity contribution in [2.75, 3.05) is 7.11 Å². The molecule has 4 nitrogen and oxygen atoms in total. The van der Waals surface area contributed by atoms with Gasteiger partial charge in [-0.1, -0.05) is 11.6 Å². The number of rotatable bonds is 2. The Morgan fingerprint density at radius 1 is 1.71 bits per heavy atom. The number of halogens is 2. The van der Waals surface area contributed by atoms with Gasteiger partial charge in [-0.25, -0.2) is 9.18 Å². The van der Waals surface area contributed by atoms with Crippen molar-refractivity contribution in [2.45, 2.75) is 6.67 Å². The summed E-state index contributed by atoms with van der Waals surface area (Å²) < 4.78 is 16.6. The fraction of sp³-hybridized carbons (Fsp3) is 0.250. The summed E-state index contributed by atoms with van der Waals surface area (Å²) in [5.41, 5.74) is -0.860. The van der Waals surface area contributed by atoms with Gasteiger partial charge in [-0.2, -0.15) is 0 Å². The van der Waals surface area contributed by atoms with Crippen molar-refractivity contribution in [1.29, 1.82) is 0 Å². The summed E-state index contributed by atoms with van der Waals surface area (Å²) in [5.74, 6) is -0.721. The van der Waals surface area contributed by atoms with E-state index in [-0.39, 0.29) is 16.3 Å². The second-order valence-corrected chi connectivity index (χ2v) is 2.85. The molecule has 0 fully saturated rings. The molecule has 0 amide bonds. The number of hydrogen-bond acceptors (Lipinski definition) is 3. The maximum absolute atomic E-state index is 12.3. The van der Waals surface area contributed by atoms with Gasteiger partial charge in [0.2, 0.25) is 0 Å². The van der Waals surface area contributed by atoms with Crippen LogP contribution in [-0.4, -0.2) is 18.1 Å². The molecule has 0 saturated heterocycles. The van der Waals surface area contributed by atoms with Crippen molar-refractivity contribution >= 4 is 17.6 Å². The molecule has 1 rings (SSSR count). The first kappa shape index (κ1) is 10.7. The number of carbonyl (C=O) groups is 1. The third-order valence-electron chi connectivity index (χ3n) is 1.62. The van der Waals surface area contributed by atoms with Gasteiger partial charge < -0.3 is 9.72 Å². The number of H-pyrrole nitrogens is 1. The van der Waals surface area contributed by atoms with Crippen molar-refractivity contribution in [1.82, 2.24) is 4.98 Å². The van der Waals surface area contributed by atoms with E-state index in [4.69, 9.17) is 11.6 Å². The highest BCUT2D eigenvalue weighted by atomic mass is 35.5. The zero-order valence-electron chi connectivity index (χ0n) is 7.27. The molecule has 0 aromatic carbocycles. The third kappa shape index (κ3) is 1.93. The lowest BCUT2D eigenvalue weighted by molar-refractivity contribution is 0.0600. The monoisotopic (exact) mass is 219 g/mol. The lowest BCUT2D eigenvalue weighted by atomic mass is 10.2. The number of esters is 1. The molecule has 0 aliphatic rings. The quantitative estimate of drug-likeness (QED) is 0.602. The third-order valence-corrected chi connectivity index (χ3v) is 1.92. The topological polar surface area (TPSA) is 59.2 Å². The SMILES string of the molecule is COC(=O)c1cc(CF)c(=O)[nH]c1Cl. The van der Waals surface area contributed by atoms with Gasteiger partial charge in [0, 0.05) is 5.56 Å². The van der Waals surface area contributed by atoms with E-state index in [1.165, 1.54) is 7.11 Å². The number of alkyl halides is 1. The number of aromatic amines is 1. The second kappa shape index (κ2) is 4.23. The molecule has 0 radical (unpaired) electrons. The molecule has 76 valence electrons. The van der Waals surface area contributed by atoms with Crippen molar-refractivity contribution < 1.29 is 13.9 Å². The first-order valence-corrected chi connectivity index (χ1v) is 4.04. The summed E-state index contributed by atoms with van der Waals surface area (Å²) in [6, 6.07) is 1.08. The van der Waals surface area contributed by atoms with E-state index in [0.717, 1.165) is 6.07 Å². The van der Waals surface area contributed by atoms with Crippen LogP contribution >= 0.6 is 11.6 Å². The molecule has 0 spiro atoms. The van der Waals surface area contributed by atoms with Gasteiger partial charge >= 0.3 is 5.97 Å². The summed E-state index contributed by atoms with van der Waals surface area (Å²) in [6.07, 6.45) is 0. The Labute approximate surface area is 83.7 Å². The van der Waals surface area contributed by atoms with Crippen LogP contribution in [0.2, 0.25) is 5.15 Å². The molecular weight excluding hydrogens is 213 g/mol. The number of methoxy groups -OCH3 is 1. The lowest BCUT2D eigenvalue weighted by Crippen LogP contribution is -2.15. The molecule has 0 saturated carbocycles. The highest BCUT2D eigenvalue weighted by Gasteiger charge is 2.14. The molecule has 0 aliphatic carbocycles. The normalized spacial score (nSPS) is 9.93. The van der Waals surface area contributed by atoms with Gasteiger partial charge in [0.25, 0.3) is 5.56 Å². The van der Waals surface area contributed by atoms with E-state index in [1.807, 2.05) is 0 Å². The molecule has 0 bridgehead atoms. The van der Waals surface area contributed by atoms with Gasteiger partial charge in [0.05, 0.1) is 12.7 Å². The minimum atomic E-state index is -0.962. The summed E-state index contributed by atoms with van der Waals surface area (Å²) in [4.78, 5) is 24.2. The Balaban J connectivity index is 3.31. The molecule has 0 atom stereocenters.